The molecule has 0 bridgehead atoms. The summed E-state index contributed by atoms with van der Waals surface area (Å²) >= 11 is 0. The van der Waals surface area contributed by atoms with E-state index in [0.29, 0.717) is 19.1 Å². The molecule has 4 nitrogen and oxygen atoms in total. The zero-order valence-corrected chi connectivity index (χ0v) is 9.90. The number of aryl methyl sites for hydroxylation is 1. The summed E-state index contributed by atoms with van der Waals surface area (Å²) in [5, 5.41) is 0. The Bertz CT molecular complexity index is 541. The predicted octanol–water partition coefficient (Wildman–Crippen LogP) is 1.96. The monoisotopic (exact) mass is 232 g/mol. The van der Waals surface area contributed by atoms with E-state index in [4.69, 9.17) is 14.9 Å². The molecule has 1 fully saturated rings. The van der Waals surface area contributed by atoms with Crippen LogP contribution in [0, 0.1) is 0 Å². The first kappa shape index (κ1) is 10.7. The SMILES string of the molecule is CCc1ccc2oc(C3(N)CCOC3)nc2c1. The number of oxazole rings is 1. The van der Waals surface area contributed by atoms with Crippen molar-refractivity contribution in [3.05, 3.63) is 29.7 Å². The fraction of sp³-hybridized carbons (Fsp3) is 0.462. The van der Waals surface area contributed by atoms with Crippen LogP contribution in [-0.2, 0) is 16.7 Å². The molecule has 4 heteroatoms. The van der Waals surface area contributed by atoms with Crippen molar-refractivity contribution in [1.82, 2.24) is 4.98 Å². The van der Waals surface area contributed by atoms with Crippen LogP contribution in [-0.4, -0.2) is 18.2 Å². The Morgan fingerprint density at radius 1 is 1.47 bits per heavy atom. The third kappa shape index (κ3) is 1.73. The van der Waals surface area contributed by atoms with E-state index in [1.165, 1.54) is 5.56 Å². The number of benzene rings is 1. The van der Waals surface area contributed by atoms with Crippen LogP contribution in [0.2, 0.25) is 0 Å². The van der Waals surface area contributed by atoms with Crippen molar-refractivity contribution in [1.29, 1.82) is 0 Å². The molecule has 2 aromatic rings. The number of aromatic nitrogens is 1. The molecule has 17 heavy (non-hydrogen) atoms. The van der Waals surface area contributed by atoms with Crippen molar-refractivity contribution in [3.63, 3.8) is 0 Å². The Labute approximate surface area is 99.8 Å². The van der Waals surface area contributed by atoms with Crippen molar-refractivity contribution in [2.24, 2.45) is 5.73 Å². The summed E-state index contributed by atoms with van der Waals surface area (Å²) in [7, 11) is 0. The van der Waals surface area contributed by atoms with Gasteiger partial charge in [0.25, 0.3) is 0 Å². The molecule has 1 aromatic carbocycles. The highest BCUT2D eigenvalue weighted by Gasteiger charge is 2.37. The molecule has 0 amide bonds. The molecule has 1 saturated heterocycles. The lowest BCUT2D eigenvalue weighted by molar-refractivity contribution is 0.170. The number of nitrogens with two attached hydrogens (primary N) is 1. The summed E-state index contributed by atoms with van der Waals surface area (Å²) in [5.74, 6) is 0.596. The maximum Gasteiger partial charge on any atom is 0.218 e. The first-order valence-electron chi connectivity index (χ1n) is 5.98. The summed E-state index contributed by atoms with van der Waals surface area (Å²) in [6, 6.07) is 6.08. The lowest BCUT2D eigenvalue weighted by atomic mass is 10.0. The lowest BCUT2D eigenvalue weighted by Crippen LogP contribution is -2.37. The molecule has 1 unspecified atom stereocenters. The zero-order valence-electron chi connectivity index (χ0n) is 9.90. The average molecular weight is 232 g/mol. The molecule has 1 aromatic heterocycles. The van der Waals surface area contributed by atoms with Gasteiger partial charge >= 0.3 is 0 Å². The summed E-state index contributed by atoms with van der Waals surface area (Å²) < 4.78 is 11.1. The Kier molecular flexibility index (Phi) is 2.42. The van der Waals surface area contributed by atoms with Crippen molar-refractivity contribution < 1.29 is 9.15 Å². The lowest BCUT2D eigenvalue weighted by Gasteiger charge is -2.16. The third-order valence-electron chi connectivity index (χ3n) is 3.34. The van der Waals surface area contributed by atoms with Crippen LogP contribution in [0.25, 0.3) is 11.1 Å². The highest BCUT2D eigenvalue weighted by atomic mass is 16.5. The molecule has 3 rings (SSSR count). The first-order chi connectivity index (χ1) is 8.21. The van der Waals surface area contributed by atoms with E-state index < -0.39 is 5.54 Å². The molecule has 90 valence electrons. The van der Waals surface area contributed by atoms with E-state index in [2.05, 4.69) is 24.0 Å². The number of hydrogen-bond acceptors (Lipinski definition) is 4. The smallest absolute Gasteiger partial charge is 0.218 e. The highest BCUT2D eigenvalue weighted by Crippen LogP contribution is 2.29. The largest absolute Gasteiger partial charge is 0.439 e. The second-order valence-electron chi connectivity index (χ2n) is 4.63. The van der Waals surface area contributed by atoms with Crippen LogP contribution in [0.15, 0.2) is 22.6 Å². The van der Waals surface area contributed by atoms with Crippen LogP contribution < -0.4 is 5.73 Å². The van der Waals surface area contributed by atoms with Crippen LogP contribution in [0.3, 0.4) is 0 Å². The fourth-order valence-corrected chi connectivity index (χ4v) is 2.16. The van der Waals surface area contributed by atoms with Crippen LogP contribution in [0.5, 0.6) is 0 Å². The normalized spacial score (nSPS) is 24.6. The van der Waals surface area contributed by atoms with E-state index in [9.17, 15) is 0 Å². The minimum atomic E-state index is -0.550. The molecule has 1 aliphatic rings. The number of ether oxygens (including phenoxy) is 1. The fourth-order valence-electron chi connectivity index (χ4n) is 2.16. The van der Waals surface area contributed by atoms with Crippen LogP contribution in [0.4, 0.5) is 0 Å². The van der Waals surface area contributed by atoms with E-state index in [0.717, 1.165) is 23.9 Å². The highest BCUT2D eigenvalue weighted by molar-refractivity contribution is 5.73. The first-order valence-corrected chi connectivity index (χ1v) is 5.98. The van der Waals surface area contributed by atoms with Gasteiger partial charge in [-0.25, -0.2) is 4.98 Å². The predicted molar refractivity (Wildman–Crippen MR) is 64.7 cm³/mol. The van der Waals surface area contributed by atoms with E-state index in [1.807, 2.05) is 6.07 Å². The molecule has 0 saturated carbocycles. The summed E-state index contributed by atoms with van der Waals surface area (Å²) in [5.41, 5.74) is 8.62. The van der Waals surface area contributed by atoms with Crippen molar-refractivity contribution >= 4 is 11.1 Å². The molecular weight excluding hydrogens is 216 g/mol. The van der Waals surface area contributed by atoms with Gasteiger partial charge in [0.1, 0.15) is 11.1 Å². The molecule has 1 aliphatic heterocycles. The van der Waals surface area contributed by atoms with Gasteiger partial charge < -0.3 is 14.9 Å². The Hall–Kier alpha value is -1.39. The summed E-state index contributed by atoms with van der Waals surface area (Å²) in [6.07, 6.45) is 1.76. The van der Waals surface area contributed by atoms with Crippen LogP contribution >= 0.6 is 0 Å². The Morgan fingerprint density at radius 3 is 3.06 bits per heavy atom. The van der Waals surface area contributed by atoms with E-state index in [1.54, 1.807) is 0 Å². The second-order valence-corrected chi connectivity index (χ2v) is 4.63. The maximum absolute atomic E-state index is 6.23. The number of hydrogen-bond donors (Lipinski definition) is 1. The van der Waals surface area contributed by atoms with Gasteiger partial charge in [0.05, 0.1) is 6.61 Å². The van der Waals surface area contributed by atoms with Crippen LogP contribution in [0.1, 0.15) is 24.8 Å². The quantitative estimate of drug-likeness (QED) is 0.859. The standard InChI is InChI=1S/C13H16N2O2/c1-2-9-3-4-11-10(7-9)15-12(17-11)13(14)5-6-16-8-13/h3-4,7H,2,5-6,8,14H2,1H3. The average Bonchev–Trinajstić information content (AvgIpc) is 2.94. The van der Waals surface area contributed by atoms with Gasteiger partial charge in [-0.3, -0.25) is 0 Å². The molecule has 2 heterocycles. The molecule has 0 spiro atoms. The Morgan fingerprint density at radius 2 is 2.35 bits per heavy atom. The van der Waals surface area contributed by atoms with Gasteiger partial charge in [0, 0.05) is 6.61 Å². The molecular formula is C13H16N2O2. The number of nitrogens with zero attached hydrogens (tertiary/aromatic N) is 1. The van der Waals surface area contributed by atoms with E-state index in [-0.39, 0.29) is 0 Å². The van der Waals surface area contributed by atoms with Crippen molar-refractivity contribution in [3.8, 4) is 0 Å². The zero-order chi connectivity index (χ0) is 11.9. The van der Waals surface area contributed by atoms with E-state index >= 15 is 0 Å². The van der Waals surface area contributed by atoms with Gasteiger partial charge in [-0.2, -0.15) is 0 Å². The minimum Gasteiger partial charge on any atom is -0.439 e. The van der Waals surface area contributed by atoms with Gasteiger partial charge in [-0.15, -0.1) is 0 Å². The minimum absolute atomic E-state index is 0.487. The van der Waals surface area contributed by atoms with Gasteiger partial charge in [-0.1, -0.05) is 13.0 Å². The number of fused-ring (bicyclic) bond motifs is 1. The molecule has 0 aliphatic carbocycles. The van der Waals surface area contributed by atoms with Gasteiger partial charge in [-0.05, 0) is 30.5 Å². The third-order valence-corrected chi connectivity index (χ3v) is 3.34. The van der Waals surface area contributed by atoms with Gasteiger partial charge in [0.15, 0.2) is 5.58 Å². The molecule has 0 radical (unpaired) electrons. The van der Waals surface area contributed by atoms with Crippen molar-refractivity contribution in [2.75, 3.05) is 13.2 Å². The topological polar surface area (TPSA) is 61.3 Å². The molecule has 2 N–H and O–H groups in total. The maximum atomic E-state index is 6.23. The summed E-state index contributed by atoms with van der Waals surface area (Å²) in [6.45, 7) is 3.29. The summed E-state index contributed by atoms with van der Waals surface area (Å²) in [4.78, 5) is 4.50. The molecule has 1 atom stereocenters. The van der Waals surface area contributed by atoms with Crippen molar-refractivity contribution in [2.45, 2.75) is 25.3 Å². The second kappa shape index (κ2) is 3.82. The number of rotatable bonds is 2. The van der Waals surface area contributed by atoms with Gasteiger partial charge in [0.2, 0.25) is 5.89 Å². The Balaban J connectivity index is 2.07.